The number of hydrogen-bond acceptors (Lipinski definition) is 11. The zero-order valence-corrected chi connectivity index (χ0v) is 22.5. The molecule has 1 aromatic heterocycles. The summed E-state index contributed by atoms with van der Waals surface area (Å²) in [6, 6.07) is -1.31. The average Bonchev–Trinajstić information content (AvgIpc) is 3.15. The lowest BCUT2D eigenvalue weighted by atomic mass is 9.99. The van der Waals surface area contributed by atoms with Crippen LogP contribution in [0, 0.1) is 0 Å². The van der Waals surface area contributed by atoms with Crippen LogP contribution in [0.25, 0.3) is 0 Å². The number of amides is 3. The highest BCUT2D eigenvalue weighted by molar-refractivity contribution is 7.14. The van der Waals surface area contributed by atoms with Crippen molar-refractivity contribution in [1.82, 2.24) is 15.6 Å². The van der Waals surface area contributed by atoms with Crippen LogP contribution in [0.1, 0.15) is 61.1 Å². The van der Waals surface area contributed by atoms with E-state index in [-0.39, 0.29) is 23.1 Å². The Kier molecular flexibility index (Phi) is 8.68. The first kappa shape index (κ1) is 29.0. The van der Waals surface area contributed by atoms with Gasteiger partial charge in [-0.05, 0) is 55.4 Å². The standard InChI is InChI=1S/C22H34N6O7S/c1-20(2,3)33-17(31)22(7,8)35-28-14(16(30)26-13-11(9-23)24-15(13)29)12-10-36-18(25-12)27-19(32)34-21(4,5)6/h10-11,13H,9,23H2,1-8H3,(H,24,29)(H,26,30)(H,25,27,32)/t11-,13+/m1/s1. The predicted octanol–water partition coefficient (Wildman–Crippen LogP) is 1.27. The molecule has 13 nitrogen and oxygen atoms in total. The zero-order valence-electron chi connectivity index (χ0n) is 21.7. The fourth-order valence-corrected chi connectivity index (χ4v) is 3.33. The van der Waals surface area contributed by atoms with Crippen molar-refractivity contribution >= 4 is 46.1 Å². The number of carbonyl (C=O) groups is 4. The van der Waals surface area contributed by atoms with Crippen LogP contribution in [-0.2, 0) is 28.7 Å². The second-order valence-electron chi connectivity index (χ2n) is 10.5. The summed E-state index contributed by atoms with van der Waals surface area (Å²) in [6.45, 7) is 13.2. The Hall–Kier alpha value is -3.26. The van der Waals surface area contributed by atoms with Crippen LogP contribution in [0.4, 0.5) is 9.93 Å². The van der Waals surface area contributed by atoms with Crippen molar-refractivity contribution in [2.45, 2.75) is 84.3 Å². The number of hydrogen-bond donors (Lipinski definition) is 4. The van der Waals surface area contributed by atoms with Gasteiger partial charge in [0.1, 0.15) is 22.9 Å². The predicted molar refractivity (Wildman–Crippen MR) is 132 cm³/mol. The van der Waals surface area contributed by atoms with Gasteiger partial charge >= 0.3 is 12.1 Å². The highest BCUT2D eigenvalue weighted by Crippen LogP contribution is 2.21. The largest absolute Gasteiger partial charge is 0.457 e. The Bertz CT molecular complexity index is 1040. The molecule has 5 N–H and O–H groups in total. The fourth-order valence-electron chi connectivity index (χ4n) is 2.65. The van der Waals surface area contributed by atoms with Gasteiger partial charge in [0.2, 0.25) is 11.5 Å². The summed E-state index contributed by atoms with van der Waals surface area (Å²) in [5, 5.41) is 13.1. The summed E-state index contributed by atoms with van der Waals surface area (Å²) < 4.78 is 10.5. The smallest absolute Gasteiger partial charge is 0.413 e. The van der Waals surface area contributed by atoms with Gasteiger partial charge in [0.15, 0.2) is 10.8 Å². The van der Waals surface area contributed by atoms with Crippen molar-refractivity contribution in [3.8, 4) is 0 Å². The minimum absolute atomic E-state index is 0.0348. The number of aromatic nitrogens is 1. The van der Waals surface area contributed by atoms with Gasteiger partial charge in [-0.25, -0.2) is 14.6 Å². The number of thiazole rings is 1. The Morgan fingerprint density at radius 3 is 2.25 bits per heavy atom. The van der Waals surface area contributed by atoms with E-state index in [1.807, 2.05) is 0 Å². The van der Waals surface area contributed by atoms with Gasteiger partial charge in [-0.2, -0.15) is 0 Å². The summed E-state index contributed by atoms with van der Waals surface area (Å²) in [7, 11) is 0. The van der Waals surface area contributed by atoms with Gasteiger partial charge in [0.05, 0.1) is 6.04 Å². The van der Waals surface area contributed by atoms with E-state index >= 15 is 0 Å². The molecule has 0 unspecified atom stereocenters. The number of anilines is 1. The number of ether oxygens (including phenoxy) is 2. The molecule has 1 fully saturated rings. The lowest BCUT2D eigenvalue weighted by Gasteiger charge is -2.36. The third-order valence-corrected chi connectivity index (χ3v) is 5.14. The average molecular weight is 527 g/mol. The molecule has 3 amide bonds. The molecule has 2 rings (SSSR count). The summed E-state index contributed by atoms with van der Waals surface area (Å²) >= 11 is 1.01. The molecule has 200 valence electrons. The van der Waals surface area contributed by atoms with Crippen LogP contribution in [-0.4, -0.2) is 70.0 Å². The van der Waals surface area contributed by atoms with Crippen LogP contribution in [0.2, 0.25) is 0 Å². The van der Waals surface area contributed by atoms with Gasteiger partial charge in [-0.15, -0.1) is 11.3 Å². The zero-order chi connectivity index (χ0) is 27.5. The Labute approximate surface area is 213 Å². The molecular formula is C22H34N6O7S. The molecule has 2 heterocycles. The van der Waals surface area contributed by atoms with Crippen molar-refractivity contribution in [2.75, 3.05) is 11.9 Å². The number of nitrogens with one attached hydrogen (secondary N) is 3. The molecule has 36 heavy (non-hydrogen) atoms. The van der Waals surface area contributed by atoms with Gasteiger partial charge < -0.3 is 30.7 Å². The number of esters is 1. The van der Waals surface area contributed by atoms with E-state index in [4.69, 9.17) is 20.0 Å². The van der Waals surface area contributed by atoms with Crippen LogP contribution in [0.15, 0.2) is 10.5 Å². The van der Waals surface area contributed by atoms with E-state index in [1.165, 1.54) is 19.2 Å². The van der Waals surface area contributed by atoms with E-state index < -0.39 is 52.8 Å². The molecular weight excluding hydrogens is 492 g/mol. The first-order valence-electron chi connectivity index (χ1n) is 11.2. The molecule has 0 aliphatic carbocycles. The molecule has 0 bridgehead atoms. The lowest BCUT2D eigenvalue weighted by molar-refractivity contribution is -0.179. The molecule has 2 atom stereocenters. The summed E-state index contributed by atoms with van der Waals surface area (Å²) in [6.07, 6.45) is -0.731. The van der Waals surface area contributed by atoms with E-state index in [0.717, 1.165) is 11.3 Å². The van der Waals surface area contributed by atoms with E-state index in [2.05, 4.69) is 26.1 Å². The SMILES string of the molecule is CC(C)(C)OC(=O)Nc1nc(C(=NOC(C)(C)C(=O)OC(C)(C)C)C(=O)N[C@@H]2C(=O)N[C@@H]2CN)cs1. The summed E-state index contributed by atoms with van der Waals surface area (Å²) in [5.41, 5.74) is 2.27. The quantitative estimate of drug-likeness (QED) is 0.168. The first-order chi connectivity index (χ1) is 16.4. The van der Waals surface area contributed by atoms with Gasteiger partial charge in [-0.1, -0.05) is 5.16 Å². The van der Waals surface area contributed by atoms with Crippen LogP contribution in [0.5, 0.6) is 0 Å². The highest BCUT2D eigenvalue weighted by Gasteiger charge is 2.41. The molecule has 14 heteroatoms. The molecule has 1 aromatic rings. The Morgan fingerprint density at radius 2 is 1.72 bits per heavy atom. The second-order valence-corrected chi connectivity index (χ2v) is 11.4. The number of oxime groups is 1. The van der Waals surface area contributed by atoms with Crippen LogP contribution in [0.3, 0.4) is 0 Å². The Balaban J connectivity index is 2.30. The molecule has 1 saturated heterocycles. The number of carbonyl (C=O) groups excluding carboxylic acids is 4. The number of rotatable bonds is 8. The minimum Gasteiger partial charge on any atom is -0.457 e. The lowest BCUT2D eigenvalue weighted by Crippen LogP contribution is -2.71. The summed E-state index contributed by atoms with van der Waals surface area (Å²) in [4.78, 5) is 59.2. The van der Waals surface area contributed by atoms with Crippen molar-refractivity contribution < 1.29 is 33.5 Å². The van der Waals surface area contributed by atoms with Gasteiger partial charge in [0, 0.05) is 11.9 Å². The van der Waals surface area contributed by atoms with Crippen molar-refractivity contribution in [1.29, 1.82) is 0 Å². The maximum atomic E-state index is 13.1. The molecule has 1 aliphatic rings. The van der Waals surface area contributed by atoms with Crippen molar-refractivity contribution in [3.63, 3.8) is 0 Å². The first-order valence-corrected chi connectivity index (χ1v) is 12.1. The molecule has 0 saturated carbocycles. The van der Waals surface area contributed by atoms with E-state index in [9.17, 15) is 19.2 Å². The molecule has 1 aliphatic heterocycles. The monoisotopic (exact) mass is 526 g/mol. The molecule has 0 spiro atoms. The minimum atomic E-state index is -1.56. The highest BCUT2D eigenvalue weighted by atomic mass is 32.1. The third kappa shape index (κ3) is 8.16. The number of nitrogens with two attached hydrogens (primary N) is 1. The number of β-lactam (4-membered cyclic amide) rings is 1. The Morgan fingerprint density at radius 1 is 1.11 bits per heavy atom. The van der Waals surface area contributed by atoms with Crippen LogP contribution < -0.4 is 21.7 Å². The molecule has 0 aromatic carbocycles. The summed E-state index contributed by atoms with van der Waals surface area (Å²) in [5.74, 6) is -1.90. The number of nitrogens with zero attached hydrogens (tertiary/aromatic N) is 2. The second kappa shape index (κ2) is 10.8. The van der Waals surface area contributed by atoms with Gasteiger partial charge in [0.25, 0.3) is 5.91 Å². The topological polar surface area (TPSA) is 183 Å². The van der Waals surface area contributed by atoms with Crippen LogP contribution >= 0.6 is 11.3 Å². The fraction of sp³-hybridized carbons (Fsp3) is 0.636. The maximum absolute atomic E-state index is 13.1. The molecule has 0 radical (unpaired) electrons. The van der Waals surface area contributed by atoms with E-state index in [0.29, 0.717) is 0 Å². The van der Waals surface area contributed by atoms with Gasteiger partial charge in [-0.3, -0.25) is 14.9 Å². The van der Waals surface area contributed by atoms with E-state index in [1.54, 1.807) is 41.5 Å². The maximum Gasteiger partial charge on any atom is 0.413 e. The van der Waals surface area contributed by atoms with Crippen molar-refractivity contribution in [3.05, 3.63) is 11.1 Å². The van der Waals surface area contributed by atoms with Crippen molar-refractivity contribution in [2.24, 2.45) is 10.9 Å². The normalized spacial score (nSPS) is 18.5. The third-order valence-electron chi connectivity index (χ3n) is 4.38.